The molecule has 2 aromatic carbocycles. The van der Waals surface area contributed by atoms with Gasteiger partial charge in [-0.2, -0.15) is 0 Å². The summed E-state index contributed by atoms with van der Waals surface area (Å²) in [7, 11) is 1.54. The summed E-state index contributed by atoms with van der Waals surface area (Å²) in [5, 5.41) is 3.70. The van der Waals surface area contributed by atoms with E-state index in [0.717, 1.165) is 17.5 Å². The number of carbonyl (C=O) groups excluding carboxylic acids is 1. The van der Waals surface area contributed by atoms with Crippen molar-refractivity contribution in [3.63, 3.8) is 0 Å². The highest BCUT2D eigenvalue weighted by Gasteiger charge is 2.63. The van der Waals surface area contributed by atoms with Gasteiger partial charge in [0.2, 0.25) is 5.91 Å². The molecule has 4 aromatic rings. The number of anilines is 1. The predicted octanol–water partition coefficient (Wildman–Crippen LogP) is 5.01. The third kappa shape index (κ3) is 3.80. The van der Waals surface area contributed by atoms with Gasteiger partial charge in [0.05, 0.1) is 49.2 Å². The monoisotopic (exact) mass is 490 g/mol. The average molecular weight is 491 g/mol. The Bertz CT molecular complexity index is 1460. The second-order valence-electron chi connectivity index (χ2n) is 9.36. The summed E-state index contributed by atoms with van der Waals surface area (Å²) in [6, 6.07) is 13.1. The lowest BCUT2D eigenvalue weighted by Gasteiger charge is -2.16. The maximum Gasteiger partial charge on any atom is 0.256 e. The van der Waals surface area contributed by atoms with Crippen LogP contribution in [-0.2, 0) is 16.1 Å². The van der Waals surface area contributed by atoms with Gasteiger partial charge < -0.3 is 19.4 Å². The highest BCUT2D eigenvalue weighted by atomic mass is 19.3. The van der Waals surface area contributed by atoms with E-state index in [4.69, 9.17) is 9.47 Å². The predicted molar refractivity (Wildman–Crippen MR) is 131 cm³/mol. The van der Waals surface area contributed by atoms with Crippen molar-refractivity contribution in [1.82, 2.24) is 14.5 Å². The molecule has 1 saturated carbocycles. The molecule has 1 saturated heterocycles. The van der Waals surface area contributed by atoms with Crippen molar-refractivity contribution in [2.45, 2.75) is 19.4 Å². The fourth-order valence-electron chi connectivity index (χ4n) is 5.12. The first-order valence-electron chi connectivity index (χ1n) is 11.7. The van der Waals surface area contributed by atoms with Crippen molar-refractivity contribution in [2.24, 2.45) is 11.3 Å². The largest absolute Gasteiger partial charge is 0.494 e. The number of methoxy groups -OCH3 is 1. The maximum absolute atomic E-state index is 13.2. The van der Waals surface area contributed by atoms with Crippen molar-refractivity contribution in [2.75, 3.05) is 25.6 Å². The van der Waals surface area contributed by atoms with E-state index in [0.29, 0.717) is 46.8 Å². The van der Waals surface area contributed by atoms with Gasteiger partial charge in [0, 0.05) is 40.9 Å². The lowest BCUT2D eigenvalue weighted by Crippen LogP contribution is -2.27. The number of benzene rings is 2. The summed E-state index contributed by atoms with van der Waals surface area (Å²) < 4.78 is 39.0. The molecule has 2 fully saturated rings. The Labute approximate surface area is 206 Å². The highest BCUT2D eigenvalue weighted by molar-refractivity contribution is 6.04. The van der Waals surface area contributed by atoms with E-state index >= 15 is 0 Å². The lowest BCUT2D eigenvalue weighted by molar-refractivity contribution is -0.121. The van der Waals surface area contributed by atoms with Crippen molar-refractivity contribution in [1.29, 1.82) is 0 Å². The van der Waals surface area contributed by atoms with Crippen LogP contribution >= 0.6 is 0 Å². The number of alkyl halides is 2. The summed E-state index contributed by atoms with van der Waals surface area (Å²) >= 11 is 0. The van der Waals surface area contributed by atoms with Gasteiger partial charge in [-0.3, -0.25) is 4.79 Å². The standard InChI is InChI=1S/C27H24F2N4O3/c1-35-23-8-21-18(7-22(23)32-26(34)27-9-17(27)13-36-14-27)25(31-15-30-21)20-11-33(12-24(28)29)10-19(20)16-5-3-2-4-6-16/h2-8,10-11,15,17,24H,9,12-14H2,1H3,(H,32,34)/t17-,27-/m1/s1. The molecule has 0 bridgehead atoms. The number of aromatic nitrogens is 3. The Morgan fingerprint density at radius 2 is 2.03 bits per heavy atom. The fourth-order valence-corrected chi connectivity index (χ4v) is 5.12. The molecule has 0 spiro atoms. The van der Waals surface area contributed by atoms with E-state index < -0.39 is 18.4 Å². The normalized spacial score (nSPS) is 20.5. The quantitative estimate of drug-likeness (QED) is 0.394. The fraction of sp³-hybridized carbons (Fsp3) is 0.296. The molecule has 184 valence electrons. The van der Waals surface area contributed by atoms with Gasteiger partial charge in [-0.1, -0.05) is 30.3 Å². The molecule has 2 atom stereocenters. The van der Waals surface area contributed by atoms with E-state index in [1.54, 1.807) is 24.5 Å². The molecule has 2 aromatic heterocycles. The first-order chi connectivity index (χ1) is 17.5. The molecular formula is C27H24F2N4O3. The number of amides is 1. The zero-order valence-corrected chi connectivity index (χ0v) is 19.6. The molecule has 2 aliphatic rings. The number of fused-ring (bicyclic) bond motifs is 2. The van der Waals surface area contributed by atoms with Crippen molar-refractivity contribution < 1.29 is 23.0 Å². The van der Waals surface area contributed by atoms with Gasteiger partial charge in [0.15, 0.2) is 0 Å². The Hall–Kier alpha value is -3.85. The summed E-state index contributed by atoms with van der Waals surface area (Å²) in [6.45, 7) is 0.604. The average Bonchev–Trinajstić information content (AvgIpc) is 3.21. The van der Waals surface area contributed by atoms with Gasteiger partial charge in [0.25, 0.3) is 6.43 Å². The van der Waals surface area contributed by atoms with Crippen molar-refractivity contribution in [3.8, 4) is 28.1 Å². The first kappa shape index (κ1) is 22.6. The Kier molecular flexibility index (Phi) is 5.44. The van der Waals surface area contributed by atoms with Crippen LogP contribution in [0.2, 0.25) is 0 Å². The Morgan fingerprint density at radius 3 is 2.72 bits per heavy atom. The molecule has 36 heavy (non-hydrogen) atoms. The van der Waals surface area contributed by atoms with E-state index in [1.165, 1.54) is 18.0 Å². The minimum Gasteiger partial charge on any atom is -0.494 e. The van der Waals surface area contributed by atoms with Gasteiger partial charge in [-0.05, 0) is 18.1 Å². The molecule has 1 N–H and O–H groups in total. The number of halogens is 2. The number of hydrogen-bond acceptors (Lipinski definition) is 5. The van der Waals surface area contributed by atoms with Crippen LogP contribution in [0.15, 0.2) is 61.2 Å². The summed E-state index contributed by atoms with van der Waals surface area (Å²) in [5.74, 6) is 0.645. The number of ether oxygens (including phenoxy) is 2. The molecule has 7 nitrogen and oxygen atoms in total. The van der Waals surface area contributed by atoms with Crippen LogP contribution in [0.25, 0.3) is 33.3 Å². The molecule has 0 unspecified atom stereocenters. The second kappa shape index (κ2) is 8.67. The van der Waals surface area contributed by atoms with E-state index in [9.17, 15) is 13.6 Å². The summed E-state index contributed by atoms with van der Waals surface area (Å²) in [4.78, 5) is 22.1. The molecular weight excluding hydrogens is 466 g/mol. The molecule has 9 heteroatoms. The molecule has 6 rings (SSSR count). The molecule has 1 amide bonds. The minimum atomic E-state index is -2.49. The van der Waals surface area contributed by atoms with Crippen LogP contribution in [0.3, 0.4) is 0 Å². The lowest BCUT2D eigenvalue weighted by atomic mass is 9.99. The Morgan fingerprint density at radius 1 is 1.22 bits per heavy atom. The zero-order chi connectivity index (χ0) is 24.9. The van der Waals surface area contributed by atoms with Crippen molar-refractivity contribution in [3.05, 3.63) is 61.2 Å². The third-order valence-corrected chi connectivity index (χ3v) is 7.14. The number of rotatable bonds is 7. The van der Waals surface area contributed by atoms with Crippen LogP contribution in [0.5, 0.6) is 5.75 Å². The van der Waals surface area contributed by atoms with E-state index in [1.807, 2.05) is 30.3 Å². The summed E-state index contributed by atoms with van der Waals surface area (Å²) in [6.07, 6.45) is 3.16. The molecule has 1 aliphatic heterocycles. The molecule has 3 heterocycles. The van der Waals surface area contributed by atoms with Gasteiger partial charge >= 0.3 is 0 Å². The van der Waals surface area contributed by atoms with Crippen molar-refractivity contribution >= 4 is 22.5 Å². The second-order valence-corrected chi connectivity index (χ2v) is 9.36. The van der Waals surface area contributed by atoms with E-state index in [2.05, 4.69) is 15.3 Å². The van der Waals surface area contributed by atoms with Gasteiger partial charge in [-0.25, -0.2) is 18.7 Å². The number of carbonyl (C=O) groups is 1. The molecule has 1 aliphatic carbocycles. The maximum atomic E-state index is 13.2. The van der Waals surface area contributed by atoms with Crippen LogP contribution < -0.4 is 10.1 Å². The van der Waals surface area contributed by atoms with Gasteiger partial charge in [0.1, 0.15) is 12.1 Å². The first-order valence-corrected chi connectivity index (χ1v) is 11.7. The number of nitrogens with zero attached hydrogens (tertiary/aromatic N) is 3. The van der Waals surface area contributed by atoms with Gasteiger partial charge in [-0.15, -0.1) is 0 Å². The van der Waals surface area contributed by atoms with E-state index in [-0.39, 0.29) is 11.8 Å². The summed E-state index contributed by atoms with van der Waals surface area (Å²) in [5.41, 5.74) is 3.59. The smallest absolute Gasteiger partial charge is 0.256 e. The van der Waals surface area contributed by atoms with Crippen LogP contribution in [0.4, 0.5) is 14.5 Å². The number of hydrogen-bond donors (Lipinski definition) is 1. The van der Waals surface area contributed by atoms with Crippen LogP contribution in [0.1, 0.15) is 6.42 Å². The highest BCUT2D eigenvalue weighted by Crippen LogP contribution is 2.57. The number of nitrogens with one attached hydrogen (secondary N) is 1. The van der Waals surface area contributed by atoms with Crippen LogP contribution in [-0.4, -0.2) is 47.2 Å². The SMILES string of the molecule is COc1cc2ncnc(-c3cn(CC(F)F)cc3-c3ccccc3)c2cc1NC(=O)[C@]12COC[C@H]1C2. The zero-order valence-electron chi connectivity index (χ0n) is 19.6. The minimum absolute atomic E-state index is 0.0888. The third-order valence-electron chi connectivity index (χ3n) is 7.14. The Balaban J connectivity index is 1.47. The molecule has 0 radical (unpaired) electrons. The topological polar surface area (TPSA) is 78.3 Å². The van der Waals surface area contributed by atoms with Crippen LogP contribution in [0, 0.1) is 11.3 Å².